The Hall–Kier alpha value is -3.65. The average molecular weight is 462 g/mol. The number of carbonyl (C=O) groups excluding carboxylic acids is 1. The van der Waals surface area contributed by atoms with Crippen LogP contribution in [0, 0.1) is 0 Å². The van der Waals surface area contributed by atoms with Gasteiger partial charge in [0.15, 0.2) is 17.3 Å². The summed E-state index contributed by atoms with van der Waals surface area (Å²) in [5, 5.41) is 6.30. The molecule has 1 saturated heterocycles. The molecule has 178 valence electrons. The van der Waals surface area contributed by atoms with Gasteiger partial charge in [0.2, 0.25) is 0 Å². The van der Waals surface area contributed by atoms with Gasteiger partial charge in [-0.2, -0.15) is 0 Å². The van der Waals surface area contributed by atoms with Gasteiger partial charge in [0.05, 0.1) is 14.2 Å². The molecule has 1 aromatic heterocycles. The third kappa shape index (κ3) is 5.82. The normalized spacial score (nSPS) is 13.8. The Morgan fingerprint density at radius 1 is 1.00 bits per heavy atom. The Morgan fingerprint density at radius 2 is 1.76 bits per heavy atom. The molecular formula is C26H31N5O3. The molecule has 8 nitrogen and oxygen atoms in total. The van der Waals surface area contributed by atoms with E-state index in [2.05, 4.69) is 25.5 Å². The summed E-state index contributed by atoms with van der Waals surface area (Å²) < 4.78 is 10.7. The number of amides is 1. The molecule has 2 N–H and O–H groups in total. The van der Waals surface area contributed by atoms with Gasteiger partial charge in [0.1, 0.15) is 11.4 Å². The van der Waals surface area contributed by atoms with Crippen LogP contribution < -0.4 is 20.1 Å². The molecule has 4 rings (SSSR count). The van der Waals surface area contributed by atoms with Crippen molar-refractivity contribution >= 4 is 17.4 Å². The van der Waals surface area contributed by atoms with Crippen molar-refractivity contribution in [2.75, 3.05) is 45.7 Å². The molecule has 0 spiro atoms. The Labute approximate surface area is 200 Å². The topological polar surface area (TPSA) is 88.6 Å². The van der Waals surface area contributed by atoms with Crippen molar-refractivity contribution in [1.82, 2.24) is 20.2 Å². The molecule has 1 aliphatic rings. The van der Waals surface area contributed by atoms with E-state index >= 15 is 0 Å². The van der Waals surface area contributed by atoms with Gasteiger partial charge in [-0.15, -0.1) is 0 Å². The minimum atomic E-state index is -0.209. The van der Waals surface area contributed by atoms with Crippen LogP contribution in [0.15, 0.2) is 54.7 Å². The van der Waals surface area contributed by atoms with Gasteiger partial charge in [-0.25, -0.2) is 9.97 Å². The molecular weight excluding hydrogens is 430 g/mol. The molecule has 8 heteroatoms. The van der Waals surface area contributed by atoms with E-state index < -0.39 is 0 Å². The Kier molecular flexibility index (Phi) is 7.93. The summed E-state index contributed by atoms with van der Waals surface area (Å²) in [5.41, 5.74) is 1.97. The van der Waals surface area contributed by atoms with Crippen LogP contribution in [0.4, 0.5) is 11.5 Å². The van der Waals surface area contributed by atoms with Gasteiger partial charge >= 0.3 is 0 Å². The predicted octanol–water partition coefficient (Wildman–Crippen LogP) is 4.12. The number of rotatable bonds is 9. The van der Waals surface area contributed by atoms with Crippen molar-refractivity contribution < 1.29 is 14.3 Å². The van der Waals surface area contributed by atoms with E-state index in [1.807, 2.05) is 36.4 Å². The van der Waals surface area contributed by atoms with Crippen molar-refractivity contribution in [2.24, 2.45) is 0 Å². The molecule has 1 fully saturated rings. The molecule has 0 aliphatic carbocycles. The molecule has 0 radical (unpaired) electrons. The standard InChI is InChI=1S/C26H31N5O3/c1-33-22-12-11-20(17-23(22)34-2)29-25-21(18-28-24(30-25)19-9-5-3-6-10-19)26(32)27-13-16-31-14-7-4-8-15-31/h3,5-6,9-12,17-18H,4,7-8,13-16H2,1-2H3,(H,27,32)(H,28,29,30). The lowest BCUT2D eigenvalue weighted by atomic mass is 10.1. The molecule has 0 bridgehead atoms. The van der Waals surface area contributed by atoms with E-state index in [1.165, 1.54) is 19.3 Å². The number of ether oxygens (including phenoxy) is 2. The Morgan fingerprint density at radius 3 is 2.50 bits per heavy atom. The number of carbonyl (C=O) groups is 1. The molecule has 3 aromatic rings. The third-order valence-corrected chi connectivity index (χ3v) is 5.87. The minimum Gasteiger partial charge on any atom is -0.493 e. The van der Waals surface area contributed by atoms with Crippen LogP contribution >= 0.6 is 0 Å². The number of nitrogens with zero attached hydrogens (tertiary/aromatic N) is 3. The SMILES string of the molecule is COc1ccc(Nc2nc(-c3ccccc3)ncc2C(=O)NCCN2CCCCC2)cc1OC. The van der Waals surface area contributed by atoms with Crippen LogP contribution in [0.1, 0.15) is 29.6 Å². The largest absolute Gasteiger partial charge is 0.493 e. The number of piperidine rings is 1. The van der Waals surface area contributed by atoms with Crippen molar-refractivity contribution in [3.8, 4) is 22.9 Å². The van der Waals surface area contributed by atoms with Crippen LogP contribution in [-0.4, -0.2) is 61.2 Å². The zero-order chi connectivity index (χ0) is 23.8. The third-order valence-electron chi connectivity index (χ3n) is 5.87. The molecule has 0 unspecified atom stereocenters. The van der Waals surface area contributed by atoms with E-state index in [0.29, 0.717) is 35.2 Å². The maximum Gasteiger partial charge on any atom is 0.256 e. The summed E-state index contributed by atoms with van der Waals surface area (Å²) in [5.74, 6) is 1.96. The lowest BCUT2D eigenvalue weighted by molar-refractivity contribution is 0.0947. The number of likely N-dealkylation sites (tertiary alicyclic amines) is 1. The molecule has 34 heavy (non-hydrogen) atoms. The van der Waals surface area contributed by atoms with Crippen LogP contribution in [0.2, 0.25) is 0 Å². The monoisotopic (exact) mass is 461 g/mol. The highest BCUT2D eigenvalue weighted by Crippen LogP contribution is 2.31. The second-order valence-corrected chi connectivity index (χ2v) is 8.17. The van der Waals surface area contributed by atoms with E-state index in [4.69, 9.17) is 9.47 Å². The first kappa shape index (κ1) is 23.5. The van der Waals surface area contributed by atoms with Gasteiger partial charge < -0.3 is 25.0 Å². The van der Waals surface area contributed by atoms with E-state index in [-0.39, 0.29) is 5.91 Å². The fourth-order valence-electron chi connectivity index (χ4n) is 4.03. The van der Waals surface area contributed by atoms with Gasteiger partial charge in [-0.3, -0.25) is 4.79 Å². The number of hydrogen-bond acceptors (Lipinski definition) is 7. The van der Waals surface area contributed by atoms with Gasteiger partial charge in [-0.05, 0) is 38.1 Å². The molecule has 1 aliphatic heterocycles. The Bertz CT molecular complexity index is 1100. The van der Waals surface area contributed by atoms with Crippen molar-refractivity contribution in [1.29, 1.82) is 0 Å². The first-order chi connectivity index (χ1) is 16.7. The summed E-state index contributed by atoms with van der Waals surface area (Å²) in [4.78, 5) is 24.6. The van der Waals surface area contributed by atoms with Crippen LogP contribution in [0.25, 0.3) is 11.4 Å². The van der Waals surface area contributed by atoms with Gasteiger partial charge in [-0.1, -0.05) is 36.8 Å². The van der Waals surface area contributed by atoms with E-state index in [1.54, 1.807) is 32.5 Å². The minimum absolute atomic E-state index is 0.209. The second kappa shape index (κ2) is 11.5. The number of aromatic nitrogens is 2. The maximum absolute atomic E-state index is 13.1. The Balaban J connectivity index is 1.57. The lowest BCUT2D eigenvalue weighted by Crippen LogP contribution is -2.37. The summed E-state index contributed by atoms with van der Waals surface area (Å²) in [7, 11) is 3.18. The zero-order valence-electron chi connectivity index (χ0n) is 19.7. The van der Waals surface area contributed by atoms with Crippen molar-refractivity contribution in [3.63, 3.8) is 0 Å². The molecule has 1 amide bonds. The summed E-state index contributed by atoms with van der Waals surface area (Å²) >= 11 is 0. The molecule has 2 heterocycles. The first-order valence-corrected chi connectivity index (χ1v) is 11.6. The number of nitrogens with one attached hydrogen (secondary N) is 2. The first-order valence-electron chi connectivity index (χ1n) is 11.6. The highest BCUT2D eigenvalue weighted by Gasteiger charge is 2.17. The maximum atomic E-state index is 13.1. The number of hydrogen-bond donors (Lipinski definition) is 2. The summed E-state index contributed by atoms with van der Waals surface area (Å²) in [6, 6.07) is 15.1. The zero-order valence-corrected chi connectivity index (χ0v) is 19.7. The second-order valence-electron chi connectivity index (χ2n) is 8.17. The molecule has 2 aromatic carbocycles. The lowest BCUT2D eigenvalue weighted by Gasteiger charge is -2.26. The van der Waals surface area contributed by atoms with Gasteiger partial charge in [0.25, 0.3) is 5.91 Å². The van der Waals surface area contributed by atoms with Crippen LogP contribution in [-0.2, 0) is 0 Å². The average Bonchev–Trinajstić information content (AvgIpc) is 2.89. The fourth-order valence-corrected chi connectivity index (χ4v) is 4.03. The highest BCUT2D eigenvalue weighted by atomic mass is 16.5. The summed E-state index contributed by atoms with van der Waals surface area (Å²) in [6.07, 6.45) is 5.32. The van der Waals surface area contributed by atoms with E-state index in [9.17, 15) is 4.79 Å². The number of anilines is 2. The summed E-state index contributed by atoms with van der Waals surface area (Å²) in [6.45, 7) is 3.61. The predicted molar refractivity (Wildman–Crippen MR) is 133 cm³/mol. The van der Waals surface area contributed by atoms with Gasteiger partial charge in [0, 0.05) is 36.6 Å². The highest BCUT2D eigenvalue weighted by molar-refractivity contribution is 5.99. The van der Waals surface area contributed by atoms with E-state index in [0.717, 1.165) is 30.9 Å². The number of methoxy groups -OCH3 is 2. The van der Waals surface area contributed by atoms with Crippen LogP contribution in [0.3, 0.4) is 0 Å². The smallest absolute Gasteiger partial charge is 0.256 e. The van der Waals surface area contributed by atoms with Crippen molar-refractivity contribution in [2.45, 2.75) is 19.3 Å². The van der Waals surface area contributed by atoms with Crippen LogP contribution in [0.5, 0.6) is 11.5 Å². The molecule has 0 saturated carbocycles. The molecule has 0 atom stereocenters. The number of benzene rings is 2. The quantitative estimate of drug-likeness (QED) is 0.496. The fraction of sp³-hybridized carbons (Fsp3) is 0.346. The van der Waals surface area contributed by atoms with Crippen molar-refractivity contribution in [3.05, 3.63) is 60.3 Å².